The van der Waals surface area contributed by atoms with Gasteiger partial charge in [-0.2, -0.15) is 0 Å². The lowest BCUT2D eigenvalue weighted by atomic mass is 10.3. The number of carboxylic acid groups (broad SMARTS) is 1. The van der Waals surface area contributed by atoms with Crippen molar-refractivity contribution in [3.05, 3.63) is 17.8 Å². The van der Waals surface area contributed by atoms with E-state index in [2.05, 4.69) is 15.2 Å². The first-order chi connectivity index (χ1) is 8.66. The van der Waals surface area contributed by atoms with Gasteiger partial charge in [0.2, 0.25) is 0 Å². The standard InChI is InChI=1S/C12H18N4O2/c13-9-3-4-10(12(17)18)15-11(9)14-5-8-16-6-1-2-7-16/h3-4H,1-2,5-8,13H2,(H,14,15)(H,17,18). The van der Waals surface area contributed by atoms with Gasteiger partial charge in [-0.05, 0) is 38.1 Å². The third-order valence-corrected chi connectivity index (χ3v) is 3.06. The second-order valence-corrected chi connectivity index (χ2v) is 4.42. The van der Waals surface area contributed by atoms with Gasteiger partial charge in [0.25, 0.3) is 0 Å². The van der Waals surface area contributed by atoms with Gasteiger partial charge in [-0.3, -0.25) is 0 Å². The van der Waals surface area contributed by atoms with Crippen LogP contribution in [-0.4, -0.2) is 47.1 Å². The Bertz CT molecular complexity index is 430. The van der Waals surface area contributed by atoms with Gasteiger partial charge in [-0.1, -0.05) is 0 Å². The van der Waals surface area contributed by atoms with Crippen molar-refractivity contribution in [3.8, 4) is 0 Å². The molecule has 6 heteroatoms. The summed E-state index contributed by atoms with van der Waals surface area (Å²) in [5.41, 5.74) is 6.23. The molecule has 1 aliphatic heterocycles. The highest BCUT2D eigenvalue weighted by Gasteiger charge is 2.12. The van der Waals surface area contributed by atoms with Crippen molar-refractivity contribution >= 4 is 17.5 Å². The normalized spacial score (nSPS) is 15.8. The van der Waals surface area contributed by atoms with Gasteiger partial charge in [0.05, 0.1) is 5.69 Å². The summed E-state index contributed by atoms with van der Waals surface area (Å²) in [7, 11) is 0. The average molecular weight is 250 g/mol. The summed E-state index contributed by atoms with van der Waals surface area (Å²) in [5, 5.41) is 12.0. The van der Waals surface area contributed by atoms with Crippen LogP contribution < -0.4 is 11.1 Å². The van der Waals surface area contributed by atoms with Crippen molar-refractivity contribution in [2.24, 2.45) is 0 Å². The monoisotopic (exact) mass is 250 g/mol. The number of likely N-dealkylation sites (tertiary alicyclic amines) is 1. The van der Waals surface area contributed by atoms with Crippen LogP contribution in [0.3, 0.4) is 0 Å². The van der Waals surface area contributed by atoms with Crippen LogP contribution in [0.4, 0.5) is 11.5 Å². The van der Waals surface area contributed by atoms with E-state index < -0.39 is 5.97 Å². The fourth-order valence-electron chi connectivity index (χ4n) is 2.07. The molecule has 2 rings (SSSR count). The molecule has 2 heterocycles. The van der Waals surface area contributed by atoms with Crippen molar-refractivity contribution in [2.75, 3.05) is 37.2 Å². The van der Waals surface area contributed by atoms with Gasteiger partial charge in [0.1, 0.15) is 5.82 Å². The predicted octanol–water partition coefficient (Wildman–Crippen LogP) is 0.870. The lowest BCUT2D eigenvalue weighted by Gasteiger charge is -2.15. The zero-order chi connectivity index (χ0) is 13.0. The molecule has 0 radical (unpaired) electrons. The number of nitrogens with zero attached hydrogens (tertiary/aromatic N) is 2. The molecule has 6 nitrogen and oxygen atoms in total. The van der Waals surface area contributed by atoms with Crippen molar-refractivity contribution < 1.29 is 9.90 Å². The SMILES string of the molecule is Nc1ccc(C(=O)O)nc1NCCN1CCCC1. The Kier molecular flexibility index (Phi) is 3.99. The van der Waals surface area contributed by atoms with Gasteiger partial charge < -0.3 is 21.1 Å². The second-order valence-electron chi connectivity index (χ2n) is 4.42. The predicted molar refractivity (Wildman–Crippen MR) is 69.8 cm³/mol. The molecule has 4 N–H and O–H groups in total. The summed E-state index contributed by atoms with van der Waals surface area (Å²) in [6.07, 6.45) is 2.52. The smallest absolute Gasteiger partial charge is 0.354 e. The fraction of sp³-hybridized carbons (Fsp3) is 0.500. The van der Waals surface area contributed by atoms with Crippen LogP contribution in [0.15, 0.2) is 12.1 Å². The van der Waals surface area contributed by atoms with Crippen LogP contribution in [0.5, 0.6) is 0 Å². The number of anilines is 2. The van der Waals surface area contributed by atoms with Gasteiger partial charge in [0, 0.05) is 13.1 Å². The molecule has 1 aromatic rings. The molecular formula is C12H18N4O2. The maximum atomic E-state index is 10.8. The molecule has 1 aliphatic rings. The number of pyridine rings is 1. The first-order valence-corrected chi connectivity index (χ1v) is 6.13. The van der Waals surface area contributed by atoms with Crippen molar-refractivity contribution in [1.29, 1.82) is 0 Å². The number of hydrogen-bond acceptors (Lipinski definition) is 5. The Morgan fingerprint density at radius 1 is 1.44 bits per heavy atom. The summed E-state index contributed by atoms with van der Waals surface area (Å²) < 4.78 is 0. The highest BCUT2D eigenvalue weighted by molar-refractivity contribution is 5.86. The number of rotatable bonds is 5. The molecule has 0 aliphatic carbocycles. The van der Waals surface area contributed by atoms with Crippen molar-refractivity contribution in [3.63, 3.8) is 0 Å². The van der Waals surface area contributed by atoms with Crippen LogP contribution in [0.25, 0.3) is 0 Å². The van der Waals surface area contributed by atoms with E-state index in [9.17, 15) is 4.79 Å². The molecule has 0 spiro atoms. The van der Waals surface area contributed by atoms with Crippen molar-refractivity contribution in [1.82, 2.24) is 9.88 Å². The maximum Gasteiger partial charge on any atom is 0.354 e. The van der Waals surface area contributed by atoms with E-state index in [0.29, 0.717) is 11.5 Å². The van der Waals surface area contributed by atoms with E-state index >= 15 is 0 Å². The van der Waals surface area contributed by atoms with E-state index in [4.69, 9.17) is 10.8 Å². The van der Waals surface area contributed by atoms with E-state index in [0.717, 1.165) is 26.2 Å². The zero-order valence-electron chi connectivity index (χ0n) is 10.2. The summed E-state index contributed by atoms with van der Waals surface area (Å²) in [6.45, 7) is 3.93. The lowest BCUT2D eigenvalue weighted by molar-refractivity contribution is 0.0690. The van der Waals surface area contributed by atoms with E-state index in [1.165, 1.54) is 18.9 Å². The summed E-state index contributed by atoms with van der Waals surface area (Å²) >= 11 is 0. The van der Waals surface area contributed by atoms with Crippen LogP contribution in [0.1, 0.15) is 23.3 Å². The third kappa shape index (κ3) is 3.10. The molecule has 0 bridgehead atoms. The molecule has 1 fully saturated rings. The molecule has 0 atom stereocenters. The molecule has 1 saturated heterocycles. The molecular weight excluding hydrogens is 232 g/mol. The minimum atomic E-state index is -1.04. The van der Waals surface area contributed by atoms with Crippen LogP contribution >= 0.6 is 0 Å². The van der Waals surface area contributed by atoms with Gasteiger partial charge in [0.15, 0.2) is 5.69 Å². The molecule has 0 saturated carbocycles. The number of nitrogens with one attached hydrogen (secondary N) is 1. The molecule has 0 unspecified atom stereocenters. The topological polar surface area (TPSA) is 91.5 Å². The Morgan fingerprint density at radius 3 is 2.83 bits per heavy atom. The first kappa shape index (κ1) is 12.6. The highest BCUT2D eigenvalue weighted by Crippen LogP contribution is 2.15. The minimum absolute atomic E-state index is 0.00729. The van der Waals surface area contributed by atoms with Gasteiger partial charge >= 0.3 is 5.97 Å². The molecule has 98 valence electrons. The molecule has 0 aromatic carbocycles. The highest BCUT2D eigenvalue weighted by atomic mass is 16.4. The van der Waals surface area contributed by atoms with Gasteiger partial charge in [-0.25, -0.2) is 9.78 Å². The van der Waals surface area contributed by atoms with Gasteiger partial charge in [-0.15, -0.1) is 0 Å². The van der Waals surface area contributed by atoms with Crippen molar-refractivity contribution in [2.45, 2.75) is 12.8 Å². The number of nitrogens with two attached hydrogens (primary N) is 1. The number of nitrogen functional groups attached to an aromatic ring is 1. The molecule has 18 heavy (non-hydrogen) atoms. The number of aromatic carboxylic acids is 1. The third-order valence-electron chi connectivity index (χ3n) is 3.06. The summed E-state index contributed by atoms with van der Waals surface area (Å²) in [4.78, 5) is 17.2. The lowest BCUT2D eigenvalue weighted by Crippen LogP contribution is -2.26. The number of carbonyl (C=O) groups is 1. The summed E-state index contributed by atoms with van der Waals surface area (Å²) in [6, 6.07) is 2.97. The van der Waals surface area contributed by atoms with Crippen LogP contribution in [0, 0.1) is 0 Å². The van der Waals surface area contributed by atoms with E-state index in [1.807, 2.05) is 0 Å². The number of carboxylic acids is 1. The number of aromatic nitrogens is 1. The Hall–Kier alpha value is -1.82. The van der Waals surface area contributed by atoms with E-state index in [1.54, 1.807) is 6.07 Å². The Balaban J connectivity index is 1.91. The second kappa shape index (κ2) is 5.68. The van der Waals surface area contributed by atoms with E-state index in [-0.39, 0.29) is 5.69 Å². The molecule has 1 aromatic heterocycles. The Morgan fingerprint density at radius 2 is 2.17 bits per heavy atom. The maximum absolute atomic E-state index is 10.8. The minimum Gasteiger partial charge on any atom is -0.477 e. The number of hydrogen-bond donors (Lipinski definition) is 3. The summed E-state index contributed by atoms with van der Waals surface area (Å²) in [5.74, 6) is -0.591. The fourth-order valence-corrected chi connectivity index (χ4v) is 2.07. The average Bonchev–Trinajstić information content (AvgIpc) is 2.84. The largest absolute Gasteiger partial charge is 0.477 e. The van der Waals surface area contributed by atoms with Crippen LogP contribution in [0.2, 0.25) is 0 Å². The Labute approximate surface area is 106 Å². The zero-order valence-corrected chi connectivity index (χ0v) is 10.2. The quantitative estimate of drug-likeness (QED) is 0.718. The van der Waals surface area contributed by atoms with Crippen LogP contribution in [-0.2, 0) is 0 Å². The first-order valence-electron chi connectivity index (χ1n) is 6.13. The molecule has 0 amide bonds.